The van der Waals surface area contributed by atoms with Crippen LogP contribution in [0.3, 0.4) is 0 Å². The maximum absolute atomic E-state index is 13.8. The molecule has 4 aliphatic rings. The van der Waals surface area contributed by atoms with E-state index in [0.29, 0.717) is 29.5 Å². The summed E-state index contributed by atoms with van der Waals surface area (Å²) in [7, 11) is 0. The van der Waals surface area contributed by atoms with Crippen molar-refractivity contribution in [3.05, 3.63) is 11.6 Å². The summed E-state index contributed by atoms with van der Waals surface area (Å²) in [4.78, 5) is 24.9. The molecular formula is C26H40O4. The van der Waals surface area contributed by atoms with Crippen LogP contribution in [0.2, 0.25) is 0 Å². The summed E-state index contributed by atoms with van der Waals surface area (Å²) < 4.78 is 0. The van der Waals surface area contributed by atoms with Gasteiger partial charge in [-0.3, -0.25) is 9.59 Å². The number of rotatable bonds is 4. The Labute approximate surface area is 181 Å². The number of carbonyl (C=O) groups is 2. The molecule has 0 heterocycles. The molecule has 0 amide bonds. The molecule has 4 saturated carbocycles. The van der Waals surface area contributed by atoms with Crippen LogP contribution in [-0.4, -0.2) is 28.1 Å². The maximum Gasteiger partial charge on any atom is 0.303 e. The number of ketones is 1. The molecule has 0 aromatic carbocycles. The average molecular weight is 417 g/mol. The Morgan fingerprint density at radius 2 is 1.80 bits per heavy atom. The van der Waals surface area contributed by atoms with Crippen molar-refractivity contribution in [2.24, 2.45) is 46.3 Å². The highest BCUT2D eigenvalue weighted by Gasteiger charge is 2.64. The number of carboxylic acid groups (broad SMARTS) is 1. The molecule has 9 atom stereocenters. The van der Waals surface area contributed by atoms with Crippen LogP contribution in [0.1, 0.15) is 85.5 Å². The molecule has 168 valence electrons. The number of aliphatic hydroxyl groups excluding tert-OH is 1. The lowest BCUT2D eigenvalue weighted by Gasteiger charge is -2.61. The number of fused-ring (bicyclic) bond motifs is 5. The summed E-state index contributed by atoms with van der Waals surface area (Å²) in [5.41, 5.74) is 1.25. The van der Waals surface area contributed by atoms with Crippen molar-refractivity contribution in [2.75, 3.05) is 0 Å². The van der Waals surface area contributed by atoms with Gasteiger partial charge < -0.3 is 10.2 Å². The van der Waals surface area contributed by atoms with Gasteiger partial charge in [0.05, 0.1) is 6.10 Å². The average Bonchev–Trinajstić information content (AvgIpc) is 3.05. The molecule has 0 aromatic heterocycles. The number of Topliss-reactive ketones (excluding diaryl/α,β-unsaturated/α-hetero) is 1. The van der Waals surface area contributed by atoms with Gasteiger partial charge in [0.2, 0.25) is 0 Å². The fraction of sp³-hybridized carbons (Fsp3) is 0.846. The second-order valence-corrected chi connectivity index (χ2v) is 11.5. The summed E-state index contributed by atoms with van der Waals surface area (Å²) in [6, 6.07) is 0. The topological polar surface area (TPSA) is 74.6 Å². The number of hydrogen-bond acceptors (Lipinski definition) is 3. The lowest BCUT2D eigenvalue weighted by Crippen LogP contribution is -2.58. The molecule has 0 saturated heterocycles. The third-order valence-electron chi connectivity index (χ3n) is 10.3. The highest BCUT2D eigenvalue weighted by atomic mass is 16.4. The van der Waals surface area contributed by atoms with Crippen molar-refractivity contribution in [1.82, 2.24) is 0 Å². The van der Waals surface area contributed by atoms with Crippen molar-refractivity contribution >= 4 is 11.8 Å². The Hall–Kier alpha value is -1.16. The molecule has 4 rings (SSSR count). The van der Waals surface area contributed by atoms with Crippen LogP contribution in [-0.2, 0) is 9.59 Å². The summed E-state index contributed by atoms with van der Waals surface area (Å²) in [6.07, 6.45) is 9.86. The molecule has 0 aromatic rings. The van der Waals surface area contributed by atoms with E-state index in [1.165, 1.54) is 0 Å². The normalized spacial score (nSPS) is 48.0. The third kappa shape index (κ3) is 3.20. The predicted molar refractivity (Wildman–Crippen MR) is 117 cm³/mol. The second-order valence-electron chi connectivity index (χ2n) is 11.5. The van der Waals surface area contributed by atoms with Gasteiger partial charge in [-0.25, -0.2) is 0 Å². The predicted octanol–water partition coefficient (Wildman–Crippen LogP) is 5.24. The standard InChI is InChI=1S/C26H40O4/c1-5-17-21-14-16(27)10-12-26(21,4)20-11-13-25(3)18(15(2)6-9-22(28)29)7-8-19(25)23(20)24(17)30/h5,15-16,18-21,23,27H,6-14H2,1-4H3,(H,28,29)/b17-5+/t15-,16-,18-,19+,20+,21+,23+,25-,26-/m0/s1. The lowest BCUT2D eigenvalue weighted by atomic mass is 9.43. The summed E-state index contributed by atoms with van der Waals surface area (Å²) in [5, 5.41) is 19.5. The minimum atomic E-state index is -0.705. The molecule has 4 heteroatoms. The van der Waals surface area contributed by atoms with E-state index >= 15 is 0 Å². The first-order valence-electron chi connectivity index (χ1n) is 12.2. The summed E-state index contributed by atoms with van der Waals surface area (Å²) in [5.74, 6) is 1.74. The molecule has 0 radical (unpaired) electrons. The van der Waals surface area contributed by atoms with Crippen molar-refractivity contribution in [2.45, 2.75) is 91.6 Å². The zero-order chi connectivity index (χ0) is 21.8. The van der Waals surface area contributed by atoms with Crippen molar-refractivity contribution < 1.29 is 19.8 Å². The van der Waals surface area contributed by atoms with Gasteiger partial charge in [-0.05, 0) is 104 Å². The minimum absolute atomic E-state index is 0.114. The molecule has 4 aliphatic carbocycles. The number of allylic oxidation sites excluding steroid dienone is 2. The van der Waals surface area contributed by atoms with Gasteiger partial charge in [-0.2, -0.15) is 0 Å². The summed E-state index contributed by atoms with van der Waals surface area (Å²) in [6.45, 7) is 9.04. The Kier molecular flexibility index (Phi) is 5.70. The van der Waals surface area contributed by atoms with Crippen LogP contribution in [0, 0.1) is 46.3 Å². The van der Waals surface area contributed by atoms with Crippen LogP contribution in [0.5, 0.6) is 0 Å². The van der Waals surface area contributed by atoms with Crippen molar-refractivity contribution in [3.8, 4) is 0 Å². The fourth-order valence-electron chi connectivity index (χ4n) is 8.72. The van der Waals surface area contributed by atoms with Gasteiger partial charge in [0.25, 0.3) is 0 Å². The number of aliphatic hydroxyl groups is 1. The van der Waals surface area contributed by atoms with E-state index in [0.717, 1.165) is 56.9 Å². The Bertz CT molecular complexity index is 741. The SMILES string of the molecule is C/C=C1/C(=O)[C@H]2[C@@H](CC[C@]3(C)[C@@H]2CC[C@H]3[C@@H](C)CCC(=O)O)[C@]2(C)CC[C@H](O)C[C@H]12. The largest absolute Gasteiger partial charge is 0.481 e. The molecule has 4 nitrogen and oxygen atoms in total. The van der Waals surface area contributed by atoms with Crippen LogP contribution in [0.15, 0.2) is 11.6 Å². The molecule has 4 fully saturated rings. The second kappa shape index (κ2) is 7.76. The van der Waals surface area contributed by atoms with E-state index in [1.807, 2.05) is 13.0 Å². The lowest BCUT2D eigenvalue weighted by molar-refractivity contribution is -0.150. The van der Waals surface area contributed by atoms with Crippen molar-refractivity contribution in [1.29, 1.82) is 0 Å². The highest BCUT2D eigenvalue weighted by Crippen LogP contribution is 2.68. The maximum atomic E-state index is 13.8. The number of aliphatic carboxylic acids is 1. The molecule has 30 heavy (non-hydrogen) atoms. The summed E-state index contributed by atoms with van der Waals surface area (Å²) >= 11 is 0. The number of hydrogen-bond donors (Lipinski definition) is 2. The van der Waals surface area contributed by atoms with Crippen LogP contribution in [0.4, 0.5) is 0 Å². The molecule has 2 N–H and O–H groups in total. The van der Waals surface area contributed by atoms with Gasteiger partial charge in [-0.15, -0.1) is 0 Å². The van der Waals surface area contributed by atoms with E-state index in [2.05, 4.69) is 20.8 Å². The molecule has 0 aliphatic heterocycles. The van der Waals surface area contributed by atoms with E-state index in [9.17, 15) is 14.7 Å². The molecular weight excluding hydrogens is 376 g/mol. The van der Waals surface area contributed by atoms with Gasteiger partial charge in [-0.1, -0.05) is 26.8 Å². The zero-order valence-corrected chi connectivity index (χ0v) is 19.2. The van der Waals surface area contributed by atoms with Gasteiger partial charge in [0, 0.05) is 12.3 Å². The smallest absolute Gasteiger partial charge is 0.303 e. The minimum Gasteiger partial charge on any atom is -0.481 e. The molecule has 0 unspecified atom stereocenters. The monoisotopic (exact) mass is 416 g/mol. The quantitative estimate of drug-likeness (QED) is 0.614. The first-order chi connectivity index (χ1) is 14.1. The van der Waals surface area contributed by atoms with Gasteiger partial charge in [0.1, 0.15) is 0 Å². The Morgan fingerprint density at radius 3 is 2.47 bits per heavy atom. The number of carbonyl (C=O) groups excluding carboxylic acids is 1. The van der Waals surface area contributed by atoms with E-state index in [1.54, 1.807) is 0 Å². The molecule has 0 bridgehead atoms. The van der Waals surface area contributed by atoms with Gasteiger partial charge in [0.15, 0.2) is 5.78 Å². The van der Waals surface area contributed by atoms with E-state index < -0.39 is 5.97 Å². The van der Waals surface area contributed by atoms with Gasteiger partial charge >= 0.3 is 5.97 Å². The highest BCUT2D eigenvalue weighted by molar-refractivity contribution is 5.99. The van der Waals surface area contributed by atoms with E-state index in [4.69, 9.17) is 5.11 Å². The Balaban J connectivity index is 1.64. The first-order valence-corrected chi connectivity index (χ1v) is 12.2. The van der Waals surface area contributed by atoms with Crippen LogP contribution >= 0.6 is 0 Å². The fourth-order valence-corrected chi connectivity index (χ4v) is 8.72. The van der Waals surface area contributed by atoms with Crippen LogP contribution in [0.25, 0.3) is 0 Å². The number of carboxylic acids is 1. The third-order valence-corrected chi connectivity index (χ3v) is 10.3. The zero-order valence-electron chi connectivity index (χ0n) is 19.2. The van der Waals surface area contributed by atoms with Crippen molar-refractivity contribution in [3.63, 3.8) is 0 Å². The Morgan fingerprint density at radius 1 is 1.13 bits per heavy atom. The van der Waals surface area contributed by atoms with E-state index in [-0.39, 0.29) is 35.2 Å². The van der Waals surface area contributed by atoms with Crippen LogP contribution < -0.4 is 0 Å². The molecule has 0 spiro atoms. The first kappa shape index (κ1) is 22.0.